The number of aromatic nitrogens is 4. The van der Waals surface area contributed by atoms with Crippen molar-refractivity contribution in [2.75, 3.05) is 6.54 Å². The van der Waals surface area contributed by atoms with Crippen molar-refractivity contribution in [3.8, 4) is 46.0 Å². The minimum absolute atomic E-state index is 0.00784. The van der Waals surface area contributed by atoms with Crippen molar-refractivity contribution in [2.45, 2.75) is 38.7 Å². The van der Waals surface area contributed by atoms with Crippen molar-refractivity contribution in [2.24, 2.45) is 14.1 Å². The standard InChI is InChI=1S/C42H35N7O5/c1-24(2)32-18-29(20-36-39(32)49(4)42(53)48(36)3)31-9-5-7-26-19-35(46-23-33(26)31)28-11-13-34(45-22-28)40(51)44-16-6-8-25-17-30(12-10-27(25)21-43)54-37-14-15-38(50)47-41(37)52/h5,7,9-13,17-20,22-24,37H,14-16H2,1-4H3,(H,44,51)(H,47,50,52). The molecular weight excluding hydrogens is 683 g/mol. The lowest BCUT2D eigenvalue weighted by Crippen LogP contribution is -2.46. The molecule has 2 N–H and O–H groups in total. The fraction of sp³-hybridized carbons (Fsp3) is 0.214. The minimum atomic E-state index is -0.821. The van der Waals surface area contributed by atoms with Gasteiger partial charge in [0.25, 0.3) is 11.8 Å². The number of piperidine rings is 1. The molecule has 1 unspecified atom stereocenters. The molecule has 1 fully saturated rings. The highest BCUT2D eigenvalue weighted by atomic mass is 16.5. The summed E-state index contributed by atoms with van der Waals surface area (Å²) in [5, 5.41) is 16.5. The van der Waals surface area contributed by atoms with Crippen LogP contribution in [0, 0.1) is 23.2 Å². The van der Waals surface area contributed by atoms with Gasteiger partial charge in [-0.2, -0.15) is 5.26 Å². The second-order valence-electron chi connectivity index (χ2n) is 13.4. The highest BCUT2D eigenvalue weighted by Gasteiger charge is 2.28. The van der Waals surface area contributed by atoms with Gasteiger partial charge in [-0.1, -0.05) is 43.9 Å². The van der Waals surface area contributed by atoms with Crippen molar-refractivity contribution in [1.82, 2.24) is 29.7 Å². The smallest absolute Gasteiger partial charge is 0.328 e. The van der Waals surface area contributed by atoms with Crippen molar-refractivity contribution in [1.29, 1.82) is 5.26 Å². The maximum atomic E-state index is 12.9. The molecule has 0 bridgehead atoms. The largest absolute Gasteiger partial charge is 0.481 e. The molecule has 0 saturated carbocycles. The van der Waals surface area contributed by atoms with Gasteiger partial charge in [0.1, 0.15) is 17.5 Å². The Kier molecular flexibility index (Phi) is 9.51. The second-order valence-corrected chi connectivity index (χ2v) is 13.4. The number of nitrogens with one attached hydrogen (secondary N) is 2. The Labute approximate surface area is 310 Å². The van der Waals surface area contributed by atoms with E-state index in [1.165, 1.54) is 6.07 Å². The molecule has 54 heavy (non-hydrogen) atoms. The Balaban J connectivity index is 1.05. The molecule has 6 aromatic rings. The van der Waals surface area contributed by atoms with Gasteiger partial charge >= 0.3 is 5.69 Å². The zero-order valence-electron chi connectivity index (χ0n) is 30.1. The number of amides is 3. The van der Waals surface area contributed by atoms with Gasteiger partial charge in [-0.05, 0) is 76.5 Å². The number of ether oxygens (including phenoxy) is 1. The average Bonchev–Trinajstić information content (AvgIpc) is 3.40. The summed E-state index contributed by atoms with van der Waals surface area (Å²) < 4.78 is 9.14. The number of hydrogen-bond donors (Lipinski definition) is 2. The Morgan fingerprint density at radius 3 is 2.56 bits per heavy atom. The molecule has 7 rings (SSSR count). The van der Waals surface area contributed by atoms with E-state index < -0.39 is 17.9 Å². The van der Waals surface area contributed by atoms with Gasteiger partial charge in [0.05, 0.1) is 28.8 Å². The van der Waals surface area contributed by atoms with Crippen molar-refractivity contribution >= 4 is 39.5 Å². The van der Waals surface area contributed by atoms with Crippen LogP contribution in [0.4, 0.5) is 0 Å². The number of carbonyl (C=O) groups is 3. The molecule has 12 heteroatoms. The maximum absolute atomic E-state index is 12.9. The lowest BCUT2D eigenvalue weighted by Gasteiger charge is -2.22. The number of nitrogens with zero attached hydrogens (tertiary/aromatic N) is 5. The predicted octanol–water partition coefficient (Wildman–Crippen LogP) is 5.11. The monoisotopic (exact) mass is 717 g/mol. The average molecular weight is 718 g/mol. The molecule has 0 aliphatic carbocycles. The summed E-state index contributed by atoms with van der Waals surface area (Å²) in [5.41, 5.74) is 7.20. The number of imide groups is 1. The van der Waals surface area contributed by atoms with E-state index in [4.69, 9.17) is 9.72 Å². The first kappa shape index (κ1) is 35.4. The zero-order chi connectivity index (χ0) is 38.1. The lowest BCUT2D eigenvalue weighted by atomic mass is 9.93. The first-order valence-electron chi connectivity index (χ1n) is 17.4. The molecule has 1 aliphatic heterocycles. The number of pyridine rings is 2. The fourth-order valence-corrected chi connectivity index (χ4v) is 6.64. The molecule has 4 heterocycles. The number of fused-ring (bicyclic) bond motifs is 2. The summed E-state index contributed by atoms with van der Waals surface area (Å²) in [5.74, 6) is 5.00. The zero-order valence-corrected chi connectivity index (χ0v) is 30.1. The highest BCUT2D eigenvalue weighted by Crippen LogP contribution is 2.35. The van der Waals surface area contributed by atoms with E-state index in [9.17, 15) is 24.4 Å². The Bertz CT molecular complexity index is 2670. The molecule has 12 nitrogen and oxygen atoms in total. The first-order chi connectivity index (χ1) is 26.0. The Morgan fingerprint density at radius 2 is 1.81 bits per heavy atom. The molecule has 1 saturated heterocycles. The van der Waals surface area contributed by atoms with Crippen molar-refractivity contribution in [3.63, 3.8) is 0 Å². The van der Waals surface area contributed by atoms with Gasteiger partial charge in [-0.15, -0.1) is 0 Å². The van der Waals surface area contributed by atoms with Crippen LogP contribution in [0.3, 0.4) is 0 Å². The summed E-state index contributed by atoms with van der Waals surface area (Å²) in [7, 11) is 3.61. The van der Waals surface area contributed by atoms with Gasteiger partial charge in [0.2, 0.25) is 5.91 Å². The topological polar surface area (TPSA) is 161 Å². The van der Waals surface area contributed by atoms with E-state index in [0.717, 1.165) is 44.1 Å². The van der Waals surface area contributed by atoms with Crippen LogP contribution in [0.15, 0.2) is 83.9 Å². The molecule has 1 atom stereocenters. The normalized spacial score (nSPS) is 14.0. The van der Waals surface area contributed by atoms with Gasteiger partial charge in [-0.3, -0.25) is 38.8 Å². The van der Waals surface area contributed by atoms with Crippen LogP contribution in [0.2, 0.25) is 0 Å². The lowest BCUT2D eigenvalue weighted by molar-refractivity contribution is -0.138. The summed E-state index contributed by atoms with van der Waals surface area (Å²) in [6.07, 6.45) is 3.06. The highest BCUT2D eigenvalue weighted by molar-refractivity contribution is 6.01. The van der Waals surface area contributed by atoms with Gasteiger partial charge in [0, 0.05) is 55.8 Å². The number of hydrogen-bond acceptors (Lipinski definition) is 8. The van der Waals surface area contributed by atoms with E-state index in [-0.39, 0.29) is 42.6 Å². The van der Waals surface area contributed by atoms with E-state index in [1.54, 1.807) is 46.6 Å². The van der Waals surface area contributed by atoms with Gasteiger partial charge in [-0.25, -0.2) is 4.79 Å². The second kappa shape index (κ2) is 14.5. The van der Waals surface area contributed by atoms with E-state index >= 15 is 0 Å². The summed E-state index contributed by atoms with van der Waals surface area (Å²) >= 11 is 0. The van der Waals surface area contributed by atoms with Crippen molar-refractivity contribution < 1.29 is 19.1 Å². The minimum Gasteiger partial charge on any atom is -0.481 e. The van der Waals surface area contributed by atoms with E-state index in [0.29, 0.717) is 22.6 Å². The molecule has 3 aromatic heterocycles. The SMILES string of the molecule is CC(C)c1cc(-c2cccc3cc(-c4ccc(C(=O)NCC#Cc5cc(OC6CCC(=O)NC6=O)ccc5C#N)nc4)ncc23)cc2c1n(C)c(=O)n2C. The maximum Gasteiger partial charge on any atom is 0.328 e. The third kappa shape index (κ3) is 6.81. The number of nitriles is 1. The molecular formula is C42H35N7O5. The van der Waals surface area contributed by atoms with Crippen LogP contribution >= 0.6 is 0 Å². The number of imidazole rings is 1. The third-order valence-corrected chi connectivity index (χ3v) is 9.52. The quantitative estimate of drug-likeness (QED) is 0.170. The Morgan fingerprint density at radius 1 is 0.981 bits per heavy atom. The summed E-state index contributed by atoms with van der Waals surface area (Å²) in [6, 6.07) is 22.5. The predicted molar refractivity (Wildman–Crippen MR) is 203 cm³/mol. The van der Waals surface area contributed by atoms with Crippen molar-refractivity contribution in [3.05, 3.63) is 112 Å². The summed E-state index contributed by atoms with van der Waals surface area (Å²) in [6.45, 7) is 4.25. The summed E-state index contributed by atoms with van der Waals surface area (Å²) in [4.78, 5) is 58.3. The molecule has 1 aliphatic rings. The number of carbonyl (C=O) groups excluding carboxylic acids is 3. The van der Waals surface area contributed by atoms with Gasteiger partial charge < -0.3 is 10.1 Å². The van der Waals surface area contributed by atoms with Gasteiger partial charge in [0.15, 0.2) is 6.10 Å². The van der Waals surface area contributed by atoms with E-state index in [2.05, 4.69) is 65.6 Å². The number of benzene rings is 3. The van der Waals surface area contributed by atoms with Crippen LogP contribution in [0.1, 0.15) is 59.8 Å². The molecule has 3 aromatic carbocycles. The fourth-order valence-electron chi connectivity index (χ4n) is 6.64. The molecule has 268 valence electrons. The van der Waals surface area contributed by atoms with Crippen LogP contribution < -0.4 is 21.1 Å². The van der Waals surface area contributed by atoms with Crippen LogP contribution in [-0.2, 0) is 23.7 Å². The molecule has 0 spiro atoms. The number of aryl methyl sites for hydroxylation is 2. The third-order valence-electron chi connectivity index (χ3n) is 9.52. The van der Waals surface area contributed by atoms with Crippen LogP contribution in [0.5, 0.6) is 5.75 Å². The number of rotatable bonds is 7. The van der Waals surface area contributed by atoms with Crippen LogP contribution in [0.25, 0.3) is 44.2 Å². The van der Waals surface area contributed by atoms with Crippen LogP contribution in [-0.4, -0.2) is 49.5 Å². The Hall–Kier alpha value is -7.05. The van der Waals surface area contributed by atoms with E-state index in [1.807, 2.05) is 31.4 Å². The molecule has 0 radical (unpaired) electrons. The first-order valence-corrected chi connectivity index (χ1v) is 17.4. The molecule has 3 amide bonds.